The van der Waals surface area contributed by atoms with E-state index in [9.17, 15) is 22.8 Å². The lowest BCUT2D eigenvalue weighted by molar-refractivity contribution is -0.141. The van der Waals surface area contributed by atoms with Gasteiger partial charge in [0, 0.05) is 31.3 Å². The Bertz CT molecular complexity index is 1670. The topological polar surface area (TPSA) is 100 Å². The van der Waals surface area contributed by atoms with E-state index in [1.807, 2.05) is 30.3 Å². The summed E-state index contributed by atoms with van der Waals surface area (Å²) >= 11 is 5.83. The second kappa shape index (κ2) is 12.0. The Balaban J connectivity index is 1.14. The number of nitrogens with one attached hydrogen (secondary N) is 1. The summed E-state index contributed by atoms with van der Waals surface area (Å²) in [4.78, 5) is 34.2. The van der Waals surface area contributed by atoms with Gasteiger partial charge in [-0.3, -0.25) is 13.9 Å². The van der Waals surface area contributed by atoms with Crippen LogP contribution in [0.4, 0.5) is 13.2 Å². The number of para-hydroxylation sites is 2. The largest absolute Gasteiger partial charge is 0.472 e. The Morgan fingerprint density at radius 3 is 2.49 bits per heavy atom. The van der Waals surface area contributed by atoms with Crippen LogP contribution in [0.2, 0.25) is 5.02 Å². The average molecular weight is 616 g/mol. The third-order valence-electron chi connectivity index (χ3n) is 7.98. The van der Waals surface area contributed by atoms with Crippen molar-refractivity contribution < 1.29 is 27.4 Å². The molecule has 1 amide bonds. The van der Waals surface area contributed by atoms with Crippen molar-refractivity contribution in [2.75, 3.05) is 13.2 Å². The van der Waals surface area contributed by atoms with Gasteiger partial charge in [-0.05, 0) is 55.9 Å². The van der Waals surface area contributed by atoms with E-state index in [-0.39, 0.29) is 28.8 Å². The Morgan fingerprint density at radius 2 is 1.81 bits per heavy atom. The molecular formula is C30H29ClF3N5O4. The van der Waals surface area contributed by atoms with E-state index in [0.717, 1.165) is 29.7 Å². The van der Waals surface area contributed by atoms with Gasteiger partial charge in [-0.2, -0.15) is 13.2 Å². The normalized spacial score (nSPS) is 20.8. The van der Waals surface area contributed by atoms with E-state index in [2.05, 4.69) is 15.3 Å². The molecule has 2 aliphatic rings. The molecule has 13 heteroatoms. The summed E-state index contributed by atoms with van der Waals surface area (Å²) in [5, 5.41) is 2.67. The van der Waals surface area contributed by atoms with Crippen molar-refractivity contribution in [2.24, 2.45) is 5.92 Å². The van der Waals surface area contributed by atoms with Crippen molar-refractivity contribution >= 4 is 28.5 Å². The summed E-state index contributed by atoms with van der Waals surface area (Å²) in [6, 6.07) is 11.8. The van der Waals surface area contributed by atoms with Gasteiger partial charge in [-0.1, -0.05) is 23.7 Å². The third kappa shape index (κ3) is 6.25. The highest BCUT2D eigenvalue weighted by atomic mass is 35.5. The minimum Gasteiger partial charge on any atom is -0.472 e. The van der Waals surface area contributed by atoms with Crippen LogP contribution < -0.4 is 15.7 Å². The molecule has 1 saturated carbocycles. The fraction of sp³-hybridized carbons (Fsp3) is 0.400. The van der Waals surface area contributed by atoms with Crippen LogP contribution in [0, 0.1) is 5.92 Å². The number of benzene rings is 1. The zero-order valence-corrected chi connectivity index (χ0v) is 23.8. The molecule has 1 aliphatic heterocycles. The fourth-order valence-electron chi connectivity index (χ4n) is 5.83. The molecule has 1 N–H and O–H groups in total. The maximum atomic E-state index is 13.7. The number of hydrogen-bond donors (Lipinski definition) is 1. The number of alkyl halides is 3. The van der Waals surface area contributed by atoms with Crippen molar-refractivity contribution in [1.29, 1.82) is 0 Å². The Kier molecular flexibility index (Phi) is 8.15. The highest BCUT2D eigenvalue weighted by molar-refractivity contribution is 6.30. The average Bonchev–Trinajstić information content (AvgIpc) is 3.60. The van der Waals surface area contributed by atoms with Gasteiger partial charge in [0.1, 0.15) is 6.10 Å². The number of carbonyl (C=O) groups excluding carboxylic acids is 1. The number of carbonyl (C=O) groups is 1. The summed E-state index contributed by atoms with van der Waals surface area (Å²) < 4.78 is 54.8. The van der Waals surface area contributed by atoms with Crippen molar-refractivity contribution in [1.82, 2.24) is 24.4 Å². The van der Waals surface area contributed by atoms with Crippen LogP contribution in [-0.4, -0.2) is 50.4 Å². The molecule has 1 atom stereocenters. The maximum absolute atomic E-state index is 13.7. The highest BCUT2D eigenvalue weighted by Gasteiger charge is 2.38. The van der Waals surface area contributed by atoms with Crippen molar-refractivity contribution in [3.8, 4) is 11.6 Å². The summed E-state index contributed by atoms with van der Waals surface area (Å²) in [6.45, 7) is 1.67. The number of halogens is 4. The van der Waals surface area contributed by atoms with Gasteiger partial charge in [0.05, 0.1) is 46.7 Å². The van der Waals surface area contributed by atoms with Crippen molar-refractivity contribution in [3.63, 3.8) is 0 Å². The molecule has 43 heavy (non-hydrogen) atoms. The first-order chi connectivity index (χ1) is 20.7. The van der Waals surface area contributed by atoms with Crippen LogP contribution in [0.25, 0.3) is 16.7 Å². The number of amides is 1. The quantitative estimate of drug-likeness (QED) is 0.298. The number of hydrogen-bond acceptors (Lipinski definition) is 6. The molecular weight excluding hydrogens is 587 g/mol. The Morgan fingerprint density at radius 1 is 1.05 bits per heavy atom. The lowest BCUT2D eigenvalue weighted by Crippen LogP contribution is -2.39. The first kappa shape index (κ1) is 29.2. The standard InChI is InChI=1S/C30H29ClF3N5O4/c31-19-13-23(27(36-14-19)30(32,33)34)28(40)37-20-7-5-18(6-8-20)16-38-24-3-1-2-4-25(24)39(29(38)41)21-9-10-26(35-15-21)43-22-11-12-42-17-22/h1-4,9-10,13-15,18,20,22H,5-8,11-12,16-17H2,(H,37,40)/t18-,20-,22-/m0/s1. The highest BCUT2D eigenvalue weighted by Crippen LogP contribution is 2.32. The van der Waals surface area contributed by atoms with Gasteiger partial charge in [0.2, 0.25) is 5.88 Å². The van der Waals surface area contributed by atoms with Crippen molar-refractivity contribution in [3.05, 3.63) is 81.6 Å². The van der Waals surface area contributed by atoms with Crippen LogP contribution in [0.3, 0.4) is 0 Å². The molecule has 0 radical (unpaired) electrons. The number of imidazole rings is 1. The molecule has 2 fully saturated rings. The predicted molar refractivity (Wildman–Crippen MR) is 153 cm³/mol. The van der Waals surface area contributed by atoms with E-state index in [1.165, 1.54) is 0 Å². The van der Waals surface area contributed by atoms with Crippen molar-refractivity contribution in [2.45, 2.75) is 57.0 Å². The van der Waals surface area contributed by atoms with Crippen LogP contribution in [0.5, 0.6) is 5.88 Å². The molecule has 4 aromatic rings. The SMILES string of the molecule is O=C(N[C@H]1CC[C@H](Cn2c(=O)n(-c3ccc(O[C@H]4CCOC4)nc3)c3ccccc32)CC1)c1cc(Cl)cnc1C(F)(F)F. The summed E-state index contributed by atoms with van der Waals surface area (Å²) in [6.07, 6.45) is 1.01. The molecule has 9 nitrogen and oxygen atoms in total. The Labute approximate surface area is 249 Å². The van der Waals surface area contributed by atoms with Gasteiger partial charge >= 0.3 is 11.9 Å². The first-order valence-electron chi connectivity index (χ1n) is 14.1. The zero-order valence-electron chi connectivity index (χ0n) is 23.0. The second-order valence-corrected chi connectivity index (χ2v) is 11.4. The lowest BCUT2D eigenvalue weighted by Gasteiger charge is -2.29. The molecule has 0 spiro atoms. The molecule has 1 aromatic carbocycles. The molecule has 1 saturated heterocycles. The third-order valence-corrected chi connectivity index (χ3v) is 8.19. The minimum absolute atomic E-state index is 0.0300. The summed E-state index contributed by atoms with van der Waals surface area (Å²) in [7, 11) is 0. The van der Waals surface area contributed by atoms with Crippen LogP contribution in [-0.2, 0) is 17.5 Å². The predicted octanol–water partition coefficient (Wildman–Crippen LogP) is 5.41. The van der Waals surface area contributed by atoms with Gasteiger partial charge in [0.25, 0.3) is 5.91 Å². The van der Waals surface area contributed by atoms with Crippen LogP contribution in [0.15, 0.2) is 59.7 Å². The van der Waals surface area contributed by atoms with Gasteiger partial charge in [-0.25, -0.2) is 14.8 Å². The first-order valence-corrected chi connectivity index (χ1v) is 14.5. The number of ether oxygens (including phenoxy) is 2. The minimum atomic E-state index is -4.78. The molecule has 3 aromatic heterocycles. The lowest BCUT2D eigenvalue weighted by atomic mass is 9.85. The number of aromatic nitrogens is 4. The summed E-state index contributed by atoms with van der Waals surface area (Å²) in [5.41, 5.74) is 0.116. The summed E-state index contributed by atoms with van der Waals surface area (Å²) in [5.74, 6) is -0.237. The van der Waals surface area contributed by atoms with E-state index >= 15 is 0 Å². The van der Waals surface area contributed by atoms with E-state index in [0.29, 0.717) is 57.0 Å². The van der Waals surface area contributed by atoms with Gasteiger partial charge in [-0.15, -0.1) is 0 Å². The second-order valence-electron chi connectivity index (χ2n) is 10.9. The molecule has 4 heterocycles. The smallest absolute Gasteiger partial charge is 0.434 e. The number of pyridine rings is 2. The van der Waals surface area contributed by atoms with Gasteiger partial charge < -0.3 is 14.8 Å². The monoisotopic (exact) mass is 615 g/mol. The number of fused-ring (bicyclic) bond motifs is 1. The number of rotatable bonds is 7. The zero-order chi connectivity index (χ0) is 30.1. The Hall–Kier alpha value is -3.90. The van der Waals surface area contributed by atoms with E-state index < -0.39 is 23.3 Å². The van der Waals surface area contributed by atoms with Crippen LogP contribution in [0.1, 0.15) is 48.2 Å². The molecule has 1 aliphatic carbocycles. The molecule has 0 unspecified atom stereocenters. The number of nitrogens with zero attached hydrogens (tertiary/aromatic N) is 4. The van der Waals surface area contributed by atoms with Crippen LogP contribution >= 0.6 is 11.6 Å². The molecule has 0 bridgehead atoms. The maximum Gasteiger partial charge on any atom is 0.434 e. The van der Waals surface area contributed by atoms with Gasteiger partial charge in [0.15, 0.2) is 5.69 Å². The van der Waals surface area contributed by atoms with E-state index in [1.54, 1.807) is 21.4 Å². The molecule has 6 rings (SSSR count). The fourth-order valence-corrected chi connectivity index (χ4v) is 5.99. The molecule has 226 valence electrons. The van der Waals surface area contributed by atoms with E-state index in [4.69, 9.17) is 21.1 Å².